The first-order valence-corrected chi connectivity index (χ1v) is 6.15. The van der Waals surface area contributed by atoms with Crippen molar-refractivity contribution in [1.82, 2.24) is 4.90 Å². The molecule has 104 valence electrons. The topological polar surface area (TPSA) is 87.5 Å². The minimum atomic E-state index is -0.533. The van der Waals surface area contributed by atoms with Crippen LogP contribution in [0, 0.1) is 5.41 Å². The maximum Gasteiger partial charge on any atom is 0.311 e. The van der Waals surface area contributed by atoms with Gasteiger partial charge in [-0.3, -0.25) is 19.3 Å². The average Bonchev–Trinajstić information content (AvgIpc) is 2.63. The maximum absolute atomic E-state index is 12.0. The second-order valence-corrected chi connectivity index (χ2v) is 4.49. The maximum atomic E-state index is 12.0. The number of nitrogens with one attached hydrogen (secondary N) is 1. The van der Waals surface area contributed by atoms with E-state index >= 15 is 0 Å². The Morgan fingerprint density at radius 1 is 1.20 bits per heavy atom. The van der Waals surface area contributed by atoms with Crippen LogP contribution in [0.2, 0.25) is 0 Å². The summed E-state index contributed by atoms with van der Waals surface area (Å²) < 4.78 is 4.88. The van der Waals surface area contributed by atoms with Gasteiger partial charge in [-0.15, -0.1) is 0 Å². The molecule has 1 aliphatic heterocycles. The summed E-state index contributed by atoms with van der Waals surface area (Å²) in [6.07, 6.45) is -0.0812. The molecule has 20 heavy (non-hydrogen) atoms. The molecular formula is C14H14N2O4. The monoisotopic (exact) mass is 274 g/mol. The molecule has 1 N–H and O–H groups in total. The number of hydrogen-bond acceptors (Lipinski definition) is 5. The highest BCUT2D eigenvalue weighted by Crippen LogP contribution is 2.21. The number of ether oxygens (including phenoxy) is 1. The standard InChI is InChI=1S/C14H14N2O4/c1-9(15)8-12(17)20-7-6-16-13(18)10-4-2-3-5-11(10)14(16)19/h2-5,15H,6-8H2,1H3. The Kier molecular flexibility index (Phi) is 3.93. The number of amides is 2. The zero-order chi connectivity index (χ0) is 14.7. The quantitative estimate of drug-likeness (QED) is 0.497. The molecule has 1 aliphatic rings. The summed E-state index contributed by atoms with van der Waals surface area (Å²) in [7, 11) is 0. The van der Waals surface area contributed by atoms with E-state index in [1.54, 1.807) is 24.3 Å². The van der Waals surface area contributed by atoms with E-state index in [0.29, 0.717) is 11.1 Å². The largest absolute Gasteiger partial charge is 0.463 e. The van der Waals surface area contributed by atoms with Gasteiger partial charge in [0.1, 0.15) is 6.61 Å². The van der Waals surface area contributed by atoms with Gasteiger partial charge in [0.2, 0.25) is 0 Å². The summed E-state index contributed by atoms with van der Waals surface area (Å²) in [4.78, 5) is 36.3. The number of imide groups is 1. The van der Waals surface area contributed by atoms with Crippen LogP contribution in [0.4, 0.5) is 0 Å². The third kappa shape index (κ3) is 2.74. The predicted molar refractivity (Wildman–Crippen MR) is 70.8 cm³/mol. The lowest BCUT2D eigenvalue weighted by atomic mass is 10.1. The van der Waals surface area contributed by atoms with Crippen molar-refractivity contribution in [2.45, 2.75) is 13.3 Å². The molecule has 0 atom stereocenters. The van der Waals surface area contributed by atoms with E-state index in [1.165, 1.54) is 6.92 Å². The summed E-state index contributed by atoms with van der Waals surface area (Å²) >= 11 is 0. The molecule has 0 aliphatic carbocycles. The van der Waals surface area contributed by atoms with Gasteiger partial charge in [0.15, 0.2) is 0 Å². The summed E-state index contributed by atoms with van der Waals surface area (Å²) in [5.74, 6) is -1.27. The number of hydrogen-bond donors (Lipinski definition) is 1. The summed E-state index contributed by atoms with van der Waals surface area (Å²) in [5.41, 5.74) is 0.953. The van der Waals surface area contributed by atoms with Crippen LogP contribution < -0.4 is 0 Å². The third-order valence-electron chi connectivity index (χ3n) is 2.87. The Bertz CT molecular complexity index is 560. The second kappa shape index (κ2) is 5.64. The molecule has 0 fully saturated rings. The van der Waals surface area contributed by atoms with Crippen molar-refractivity contribution in [3.8, 4) is 0 Å². The van der Waals surface area contributed by atoms with Gasteiger partial charge < -0.3 is 10.1 Å². The molecular weight excluding hydrogens is 260 g/mol. The van der Waals surface area contributed by atoms with E-state index in [-0.39, 0.29) is 37.1 Å². The van der Waals surface area contributed by atoms with Crippen molar-refractivity contribution in [3.63, 3.8) is 0 Å². The number of carbonyl (C=O) groups excluding carboxylic acids is 3. The van der Waals surface area contributed by atoms with Gasteiger partial charge in [0.05, 0.1) is 24.1 Å². The van der Waals surface area contributed by atoms with Gasteiger partial charge in [0, 0.05) is 5.71 Å². The van der Waals surface area contributed by atoms with Crippen molar-refractivity contribution in [1.29, 1.82) is 5.41 Å². The van der Waals surface area contributed by atoms with Gasteiger partial charge >= 0.3 is 5.97 Å². The fraction of sp³-hybridized carbons (Fsp3) is 0.286. The molecule has 1 aromatic carbocycles. The Labute approximate surface area is 115 Å². The van der Waals surface area contributed by atoms with Gasteiger partial charge in [-0.05, 0) is 19.1 Å². The fourth-order valence-corrected chi connectivity index (χ4v) is 1.96. The Morgan fingerprint density at radius 3 is 2.25 bits per heavy atom. The van der Waals surface area contributed by atoms with Gasteiger partial charge in [-0.1, -0.05) is 12.1 Å². The van der Waals surface area contributed by atoms with Crippen LogP contribution in [0.5, 0.6) is 0 Å². The highest BCUT2D eigenvalue weighted by Gasteiger charge is 2.34. The van der Waals surface area contributed by atoms with E-state index in [4.69, 9.17) is 10.1 Å². The van der Waals surface area contributed by atoms with Crippen molar-refractivity contribution >= 4 is 23.5 Å². The fourth-order valence-electron chi connectivity index (χ4n) is 1.96. The third-order valence-corrected chi connectivity index (χ3v) is 2.87. The molecule has 0 bridgehead atoms. The molecule has 0 radical (unpaired) electrons. The summed E-state index contributed by atoms with van der Waals surface area (Å²) in [6.45, 7) is 1.47. The van der Waals surface area contributed by atoms with Crippen LogP contribution in [0.15, 0.2) is 24.3 Å². The predicted octanol–water partition coefficient (Wildman–Crippen LogP) is 1.26. The van der Waals surface area contributed by atoms with Gasteiger partial charge in [-0.2, -0.15) is 0 Å². The highest BCUT2D eigenvalue weighted by molar-refractivity contribution is 6.21. The highest BCUT2D eigenvalue weighted by atomic mass is 16.5. The lowest BCUT2D eigenvalue weighted by Crippen LogP contribution is -2.33. The molecule has 2 rings (SSSR count). The normalized spacial score (nSPS) is 13.3. The average molecular weight is 274 g/mol. The van der Waals surface area contributed by atoms with Gasteiger partial charge in [-0.25, -0.2) is 0 Å². The molecule has 6 heteroatoms. The van der Waals surface area contributed by atoms with Crippen LogP contribution in [0.1, 0.15) is 34.1 Å². The van der Waals surface area contributed by atoms with E-state index < -0.39 is 5.97 Å². The minimum Gasteiger partial charge on any atom is -0.463 e. The lowest BCUT2D eigenvalue weighted by Gasteiger charge is -2.13. The Balaban J connectivity index is 1.93. The molecule has 0 spiro atoms. The van der Waals surface area contributed by atoms with E-state index in [9.17, 15) is 14.4 Å². The molecule has 1 aromatic rings. The van der Waals surface area contributed by atoms with E-state index in [0.717, 1.165) is 4.90 Å². The number of carbonyl (C=O) groups is 3. The molecule has 1 heterocycles. The van der Waals surface area contributed by atoms with Gasteiger partial charge in [0.25, 0.3) is 11.8 Å². The molecule has 6 nitrogen and oxygen atoms in total. The summed E-state index contributed by atoms with van der Waals surface area (Å²) in [5, 5.41) is 7.16. The van der Waals surface area contributed by atoms with Crippen molar-refractivity contribution in [2.24, 2.45) is 0 Å². The minimum absolute atomic E-state index is 0.0230. The summed E-state index contributed by atoms with van der Waals surface area (Å²) in [6, 6.07) is 6.58. The van der Waals surface area contributed by atoms with E-state index in [1.807, 2.05) is 0 Å². The first-order valence-electron chi connectivity index (χ1n) is 6.15. The van der Waals surface area contributed by atoms with Crippen LogP contribution >= 0.6 is 0 Å². The van der Waals surface area contributed by atoms with Crippen molar-refractivity contribution < 1.29 is 19.1 Å². The zero-order valence-corrected chi connectivity index (χ0v) is 11.0. The lowest BCUT2D eigenvalue weighted by molar-refractivity contribution is -0.142. The molecule has 2 amide bonds. The number of benzene rings is 1. The SMILES string of the molecule is CC(=N)CC(=O)OCCN1C(=O)c2ccccc2C1=O. The molecule has 0 aromatic heterocycles. The Hall–Kier alpha value is -2.50. The number of rotatable bonds is 5. The van der Waals surface area contributed by atoms with Crippen LogP contribution in [0.25, 0.3) is 0 Å². The molecule has 0 unspecified atom stereocenters. The van der Waals surface area contributed by atoms with E-state index in [2.05, 4.69) is 0 Å². The van der Waals surface area contributed by atoms with Crippen LogP contribution in [-0.4, -0.2) is 41.5 Å². The van der Waals surface area contributed by atoms with Crippen molar-refractivity contribution in [2.75, 3.05) is 13.2 Å². The molecule has 0 saturated heterocycles. The smallest absolute Gasteiger partial charge is 0.311 e. The number of fused-ring (bicyclic) bond motifs is 1. The van der Waals surface area contributed by atoms with Crippen LogP contribution in [0.3, 0.4) is 0 Å². The number of esters is 1. The molecule has 0 saturated carbocycles. The van der Waals surface area contributed by atoms with Crippen LogP contribution in [-0.2, 0) is 9.53 Å². The Morgan fingerprint density at radius 2 is 1.75 bits per heavy atom. The zero-order valence-electron chi connectivity index (χ0n) is 11.0. The van der Waals surface area contributed by atoms with Crippen molar-refractivity contribution in [3.05, 3.63) is 35.4 Å². The first-order chi connectivity index (χ1) is 9.50. The number of nitrogens with zero attached hydrogens (tertiary/aromatic N) is 1. The first kappa shape index (κ1) is 13.9. The second-order valence-electron chi connectivity index (χ2n) is 4.49.